The monoisotopic (exact) mass is 310 g/mol. The molecule has 0 spiro atoms. The molecular formula is C21H26O2. The molecule has 2 aromatic rings. The van der Waals surface area contributed by atoms with E-state index in [0.29, 0.717) is 0 Å². The number of rotatable bonds is 4. The van der Waals surface area contributed by atoms with E-state index in [2.05, 4.69) is 50.2 Å². The second-order valence-corrected chi connectivity index (χ2v) is 6.66. The Balaban J connectivity index is 2.10. The minimum Gasteiger partial charge on any atom is -0.496 e. The van der Waals surface area contributed by atoms with Crippen LogP contribution in [0.25, 0.3) is 0 Å². The molecule has 0 aromatic heterocycles. The van der Waals surface area contributed by atoms with Crippen molar-refractivity contribution in [2.24, 2.45) is 0 Å². The number of hydrogen-bond donors (Lipinski definition) is 0. The summed E-state index contributed by atoms with van der Waals surface area (Å²) in [6.45, 7) is 4.26. The van der Waals surface area contributed by atoms with Gasteiger partial charge in [0.15, 0.2) is 0 Å². The van der Waals surface area contributed by atoms with Crippen molar-refractivity contribution in [3.63, 3.8) is 0 Å². The third-order valence-corrected chi connectivity index (χ3v) is 5.35. The maximum absolute atomic E-state index is 5.43. The quantitative estimate of drug-likeness (QED) is 0.774. The average molecular weight is 310 g/mol. The first-order valence-corrected chi connectivity index (χ1v) is 8.41. The molecule has 0 unspecified atom stereocenters. The summed E-state index contributed by atoms with van der Waals surface area (Å²) >= 11 is 0. The van der Waals surface area contributed by atoms with Gasteiger partial charge in [-0.25, -0.2) is 0 Å². The van der Waals surface area contributed by atoms with Gasteiger partial charge in [-0.15, -0.1) is 0 Å². The van der Waals surface area contributed by atoms with E-state index >= 15 is 0 Å². The Kier molecular flexibility index (Phi) is 4.34. The predicted molar refractivity (Wildman–Crippen MR) is 94.7 cm³/mol. The van der Waals surface area contributed by atoms with Gasteiger partial charge in [0.25, 0.3) is 0 Å². The Morgan fingerprint density at radius 3 is 1.52 bits per heavy atom. The van der Waals surface area contributed by atoms with E-state index in [-0.39, 0.29) is 5.41 Å². The van der Waals surface area contributed by atoms with E-state index in [0.717, 1.165) is 11.5 Å². The largest absolute Gasteiger partial charge is 0.496 e. The molecule has 2 heteroatoms. The van der Waals surface area contributed by atoms with Crippen LogP contribution in [0, 0.1) is 13.8 Å². The van der Waals surface area contributed by atoms with E-state index in [9.17, 15) is 0 Å². The molecule has 1 saturated carbocycles. The second-order valence-electron chi connectivity index (χ2n) is 6.66. The highest BCUT2D eigenvalue weighted by Gasteiger charge is 2.37. The van der Waals surface area contributed by atoms with Gasteiger partial charge in [-0.3, -0.25) is 0 Å². The number of hydrogen-bond acceptors (Lipinski definition) is 2. The summed E-state index contributed by atoms with van der Waals surface area (Å²) in [4.78, 5) is 0. The zero-order valence-corrected chi connectivity index (χ0v) is 14.6. The third kappa shape index (κ3) is 2.71. The molecule has 1 aliphatic carbocycles. The summed E-state index contributed by atoms with van der Waals surface area (Å²) in [5.41, 5.74) is 5.38. The molecule has 122 valence electrons. The van der Waals surface area contributed by atoms with Crippen LogP contribution in [0.5, 0.6) is 11.5 Å². The second kappa shape index (κ2) is 6.27. The number of aryl methyl sites for hydroxylation is 2. The lowest BCUT2D eigenvalue weighted by Gasteiger charge is -2.31. The topological polar surface area (TPSA) is 18.5 Å². The molecule has 0 bridgehead atoms. The average Bonchev–Trinajstić information content (AvgIpc) is 3.05. The van der Waals surface area contributed by atoms with Crippen molar-refractivity contribution < 1.29 is 9.47 Å². The van der Waals surface area contributed by atoms with Gasteiger partial charge in [0.1, 0.15) is 11.5 Å². The van der Waals surface area contributed by atoms with Crippen molar-refractivity contribution in [2.75, 3.05) is 14.2 Å². The Morgan fingerprint density at radius 1 is 0.739 bits per heavy atom. The molecule has 0 saturated heterocycles. The van der Waals surface area contributed by atoms with E-state index in [1.54, 1.807) is 14.2 Å². The minimum atomic E-state index is 0.133. The molecule has 0 atom stereocenters. The van der Waals surface area contributed by atoms with E-state index in [1.165, 1.54) is 47.9 Å². The molecule has 3 rings (SSSR count). The first-order valence-electron chi connectivity index (χ1n) is 8.41. The Morgan fingerprint density at radius 2 is 1.17 bits per heavy atom. The van der Waals surface area contributed by atoms with Crippen LogP contribution >= 0.6 is 0 Å². The standard InChI is InChI=1S/C21H26O2/c1-15-13-17(7-9-19(15)22-3)21(11-5-6-12-21)18-8-10-20(23-4)16(2)14-18/h7-10,13-14H,5-6,11-12H2,1-4H3. The van der Waals surface area contributed by atoms with Crippen molar-refractivity contribution in [2.45, 2.75) is 44.9 Å². The molecule has 1 fully saturated rings. The molecule has 0 radical (unpaired) electrons. The van der Waals surface area contributed by atoms with Crippen molar-refractivity contribution >= 4 is 0 Å². The molecule has 0 amide bonds. The molecule has 0 N–H and O–H groups in total. The van der Waals surface area contributed by atoms with Crippen molar-refractivity contribution in [3.8, 4) is 11.5 Å². The fraction of sp³-hybridized carbons (Fsp3) is 0.429. The zero-order valence-electron chi connectivity index (χ0n) is 14.6. The van der Waals surface area contributed by atoms with Gasteiger partial charge in [0, 0.05) is 5.41 Å². The van der Waals surface area contributed by atoms with Gasteiger partial charge >= 0.3 is 0 Å². The minimum absolute atomic E-state index is 0.133. The Bertz CT molecular complexity index is 641. The number of benzene rings is 2. The van der Waals surface area contributed by atoms with Crippen molar-refractivity contribution in [1.29, 1.82) is 0 Å². The molecule has 0 aliphatic heterocycles. The smallest absolute Gasteiger partial charge is 0.121 e. The highest BCUT2D eigenvalue weighted by Crippen LogP contribution is 2.47. The molecule has 23 heavy (non-hydrogen) atoms. The van der Waals surface area contributed by atoms with Crippen LogP contribution in [-0.4, -0.2) is 14.2 Å². The van der Waals surface area contributed by atoms with Gasteiger partial charge < -0.3 is 9.47 Å². The first kappa shape index (κ1) is 15.9. The number of methoxy groups -OCH3 is 2. The fourth-order valence-corrected chi connectivity index (χ4v) is 4.07. The molecular weight excluding hydrogens is 284 g/mol. The summed E-state index contributed by atoms with van der Waals surface area (Å²) in [6.07, 6.45) is 5.00. The number of ether oxygens (including phenoxy) is 2. The maximum Gasteiger partial charge on any atom is 0.121 e. The van der Waals surface area contributed by atoms with Gasteiger partial charge in [0.05, 0.1) is 14.2 Å². The lowest BCUT2D eigenvalue weighted by Crippen LogP contribution is -2.24. The van der Waals surface area contributed by atoms with Gasteiger partial charge in [-0.1, -0.05) is 37.1 Å². The van der Waals surface area contributed by atoms with Crippen LogP contribution in [0.4, 0.5) is 0 Å². The lowest BCUT2D eigenvalue weighted by molar-refractivity contribution is 0.410. The van der Waals surface area contributed by atoms with Gasteiger partial charge in [0.2, 0.25) is 0 Å². The zero-order chi connectivity index (χ0) is 16.4. The lowest BCUT2D eigenvalue weighted by atomic mass is 9.72. The fourth-order valence-electron chi connectivity index (χ4n) is 4.07. The summed E-state index contributed by atoms with van der Waals surface area (Å²) in [5, 5.41) is 0. The normalized spacial score (nSPS) is 16.3. The molecule has 1 aliphatic rings. The summed E-state index contributed by atoms with van der Waals surface area (Å²) in [5.74, 6) is 1.93. The highest BCUT2D eigenvalue weighted by molar-refractivity contribution is 5.48. The molecule has 2 nitrogen and oxygen atoms in total. The van der Waals surface area contributed by atoms with E-state index < -0.39 is 0 Å². The maximum atomic E-state index is 5.43. The molecule has 0 heterocycles. The van der Waals surface area contributed by atoms with E-state index in [4.69, 9.17) is 9.47 Å². The van der Waals surface area contributed by atoms with Crippen LogP contribution in [0.15, 0.2) is 36.4 Å². The third-order valence-electron chi connectivity index (χ3n) is 5.35. The summed E-state index contributed by atoms with van der Waals surface area (Å²) in [6, 6.07) is 13.3. The predicted octanol–water partition coefficient (Wildman–Crippen LogP) is 5.18. The Labute approximate surface area is 139 Å². The first-order chi connectivity index (χ1) is 11.1. The van der Waals surface area contributed by atoms with Gasteiger partial charge in [-0.05, 0) is 61.1 Å². The van der Waals surface area contributed by atoms with Crippen LogP contribution in [0.1, 0.15) is 47.9 Å². The van der Waals surface area contributed by atoms with Gasteiger partial charge in [-0.2, -0.15) is 0 Å². The highest BCUT2D eigenvalue weighted by atomic mass is 16.5. The van der Waals surface area contributed by atoms with E-state index in [1.807, 2.05) is 0 Å². The summed E-state index contributed by atoms with van der Waals surface area (Å²) < 4.78 is 10.9. The van der Waals surface area contributed by atoms with Crippen LogP contribution in [0.3, 0.4) is 0 Å². The van der Waals surface area contributed by atoms with Crippen LogP contribution in [-0.2, 0) is 5.41 Å². The SMILES string of the molecule is COc1ccc(C2(c3ccc(OC)c(C)c3)CCCC2)cc1C. The van der Waals surface area contributed by atoms with Crippen molar-refractivity contribution in [3.05, 3.63) is 58.7 Å². The summed E-state index contributed by atoms with van der Waals surface area (Å²) in [7, 11) is 3.47. The van der Waals surface area contributed by atoms with Crippen LogP contribution < -0.4 is 9.47 Å². The van der Waals surface area contributed by atoms with Crippen LogP contribution in [0.2, 0.25) is 0 Å². The molecule has 2 aromatic carbocycles. The Hall–Kier alpha value is -1.96. The van der Waals surface area contributed by atoms with Crippen molar-refractivity contribution in [1.82, 2.24) is 0 Å².